The Hall–Kier alpha value is -1.41. The van der Waals surface area contributed by atoms with Gasteiger partial charge in [-0.05, 0) is 32.9 Å². The van der Waals surface area contributed by atoms with Crippen LogP contribution < -0.4 is 5.32 Å². The van der Waals surface area contributed by atoms with Crippen molar-refractivity contribution in [3.05, 3.63) is 23.9 Å². The number of aromatic nitrogens is 1. The SMILES string of the molecule is CC(C)(C)S(=O)CCNc1cccc(C#N)n1. The molecule has 0 saturated heterocycles. The number of anilines is 1. The van der Waals surface area contributed by atoms with Crippen LogP contribution in [0.4, 0.5) is 5.82 Å². The van der Waals surface area contributed by atoms with Crippen molar-refractivity contribution in [3.63, 3.8) is 0 Å². The molecule has 92 valence electrons. The van der Waals surface area contributed by atoms with Crippen LogP contribution in [0.2, 0.25) is 0 Å². The van der Waals surface area contributed by atoms with E-state index in [1.165, 1.54) is 0 Å². The van der Waals surface area contributed by atoms with Crippen LogP contribution in [-0.4, -0.2) is 26.2 Å². The van der Waals surface area contributed by atoms with Gasteiger partial charge in [0.25, 0.3) is 0 Å². The summed E-state index contributed by atoms with van der Waals surface area (Å²) in [5, 5.41) is 11.8. The maximum absolute atomic E-state index is 11.8. The van der Waals surface area contributed by atoms with Crippen molar-refractivity contribution in [2.24, 2.45) is 0 Å². The first-order valence-electron chi connectivity index (χ1n) is 5.43. The number of hydrogen-bond acceptors (Lipinski definition) is 4. The molecule has 0 bridgehead atoms. The van der Waals surface area contributed by atoms with Crippen molar-refractivity contribution in [1.82, 2.24) is 4.98 Å². The maximum atomic E-state index is 11.8. The fraction of sp³-hybridized carbons (Fsp3) is 0.500. The van der Waals surface area contributed by atoms with Crippen LogP contribution >= 0.6 is 0 Å². The van der Waals surface area contributed by atoms with Crippen LogP contribution in [-0.2, 0) is 10.8 Å². The van der Waals surface area contributed by atoms with Crippen molar-refractivity contribution in [3.8, 4) is 6.07 Å². The molecular weight excluding hydrogens is 234 g/mol. The second-order valence-electron chi connectivity index (χ2n) is 4.61. The van der Waals surface area contributed by atoms with Crippen molar-refractivity contribution >= 4 is 16.6 Å². The lowest BCUT2D eigenvalue weighted by Crippen LogP contribution is -2.27. The highest BCUT2D eigenvalue weighted by Crippen LogP contribution is 2.11. The van der Waals surface area contributed by atoms with Gasteiger partial charge in [-0.25, -0.2) is 4.98 Å². The molecule has 1 aromatic heterocycles. The summed E-state index contributed by atoms with van der Waals surface area (Å²) >= 11 is 0. The molecule has 0 aromatic carbocycles. The molecule has 5 heteroatoms. The van der Waals surface area contributed by atoms with Gasteiger partial charge in [0, 0.05) is 27.8 Å². The quantitative estimate of drug-likeness (QED) is 0.887. The normalized spacial score (nSPS) is 12.8. The van der Waals surface area contributed by atoms with Gasteiger partial charge in [-0.1, -0.05) is 6.07 Å². The second kappa shape index (κ2) is 5.78. The zero-order valence-corrected chi connectivity index (χ0v) is 11.2. The Bertz CT molecular complexity index is 446. The summed E-state index contributed by atoms with van der Waals surface area (Å²) in [5.41, 5.74) is 0.381. The van der Waals surface area contributed by atoms with Crippen molar-refractivity contribution < 1.29 is 4.21 Å². The highest BCUT2D eigenvalue weighted by molar-refractivity contribution is 7.86. The fourth-order valence-corrected chi connectivity index (χ4v) is 2.07. The Morgan fingerprint density at radius 1 is 1.47 bits per heavy atom. The zero-order chi connectivity index (χ0) is 12.9. The van der Waals surface area contributed by atoms with Crippen LogP contribution in [0.15, 0.2) is 18.2 Å². The first kappa shape index (κ1) is 13.7. The van der Waals surface area contributed by atoms with E-state index in [-0.39, 0.29) is 4.75 Å². The van der Waals surface area contributed by atoms with E-state index < -0.39 is 10.8 Å². The van der Waals surface area contributed by atoms with Gasteiger partial charge in [-0.3, -0.25) is 4.21 Å². The monoisotopic (exact) mass is 251 g/mol. The molecule has 0 amide bonds. The van der Waals surface area contributed by atoms with E-state index in [9.17, 15) is 4.21 Å². The third-order valence-corrected chi connectivity index (χ3v) is 4.08. The van der Waals surface area contributed by atoms with Crippen LogP contribution in [0.25, 0.3) is 0 Å². The van der Waals surface area contributed by atoms with E-state index >= 15 is 0 Å². The molecule has 1 unspecified atom stereocenters. The molecule has 0 spiro atoms. The smallest absolute Gasteiger partial charge is 0.142 e. The largest absolute Gasteiger partial charge is 0.369 e. The fourth-order valence-electron chi connectivity index (χ4n) is 1.17. The topological polar surface area (TPSA) is 65.8 Å². The van der Waals surface area contributed by atoms with Crippen LogP contribution in [0, 0.1) is 11.3 Å². The van der Waals surface area contributed by atoms with Gasteiger partial charge in [0.05, 0.1) is 0 Å². The highest BCUT2D eigenvalue weighted by Gasteiger charge is 2.18. The van der Waals surface area contributed by atoms with Gasteiger partial charge >= 0.3 is 0 Å². The lowest BCUT2D eigenvalue weighted by molar-refractivity contribution is 0.649. The molecule has 1 heterocycles. The third-order valence-electron chi connectivity index (χ3n) is 2.14. The second-order valence-corrected chi connectivity index (χ2v) is 6.93. The van der Waals surface area contributed by atoms with Crippen molar-refractivity contribution in [2.45, 2.75) is 25.5 Å². The minimum absolute atomic E-state index is 0.191. The predicted molar refractivity (Wildman–Crippen MR) is 70.2 cm³/mol. The molecule has 0 saturated carbocycles. The molecule has 0 aliphatic heterocycles. The first-order chi connectivity index (χ1) is 7.93. The molecule has 17 heavy (non-hydrogen) atoms. The van der Waals surface area contributed by atoms with E-state index in [1.54, 1.807) is 18.2 Å². The summed E-state index contributed by atoms with van der Waals surface area (Å²) in [6, 6.07) is 7.20. The van der Waals surface area contributed by atoms with Gasteiger partial charge < -0.3 is 5.32 Å². The summed E-state index contributed by atoms with van der Waals surface area (Å²) < 4.78 is 11.6. The first-order valence-corrected chi connectivity index (χ1v) is 6.75. The number of nitrogens with one attached hydrogen (secondary N) is 1. The molecule has 0 fully saturated rings. The van der Waals surface area contributed by atoms with E-state index in [4.69, 9.17) is 5.26 Å². The molecule has 1 N–H and O–H groups in total. The van der Waals surface area contributed by atoms with Gasteiger partial charge in [0.2, 0.25) is 0 Å². The lowest BCUT2D eigenvalue weighted by atomic mass is 10.3. The molecule has 1 rings (SSSR count). The highest BCUT2D eigenvalue weighted by atomic mass is 32.2. The Morgan fingerprint density at radius 2 is 2.18 bits per heavy atom. The van der Waals surface area contributed by atoms with E-state index in [0.29, 0.717) is 23.8 Å². The Balaban J connectivity index is 2.47. The molecule has 0 aliphatic carbocycles. The summed E-state index contributed by atoms with van der Waals surface area (Å²) in [4.78, 5) is 4.08. The molecule has 0 radical (unpaired) electrons. The maximum Gasteiger partial charge on any atom is 0.142 e. The number of nitriles is 1. The average molecular weight is 251 g/mol. The Morgan fingerprint density at radius 3 is 2.76 bits per heavy atom. The van der Waals surface area contributed by atoms with Crippen LogP contribution in [0.5, 0.6) is 0 Å². The number of nitrogens with zero attached hydrogens (tertiary/aromatic N) is 2. The molecule has 1 aromatic rings. The minimum atomic E-state index is -0.873. The van der Waals surface area contributed by atoms with Gasteiger partial charge in [-0.15, -0.1) is 0 Å². The lowest BCUT2D eigenvalue weighted by Gasteiger charge is -2.17. The van der Waals surface area contributed by atoms with Gasteiger partial charge in [-0.2, -0.15) is 5.26 Å². The van der Waals surface area contributed by atoms with Crippen LogP contribution in [0.3, 0.4) is 0 Å². The summed E-state index contributed by atoms with van der Waals surface area (Å²) in [7, 11) is -0.873. The molecule has 1 atom stereocenters. The van der Waals surface area contributed by atoms with E-state index in [0.717, 1.165) is 0 Å². The number of rotatable bonds is 4. The number of pyridine rings is 1. The Labute approximate surface area is 105 Å². The molecule has 0 aliphatic rings. The third kappa shape index (κ3) is 4.53. The van der Waals surface area contributed by atoms with Gasteiger partial charge in [0.15, 0.2) is 0 Å². The van der Waals surface area contributed by atoms with E-state index in [2.05, 4.69) is 10.3 Å². The Kier molecular flexibility index (Phi) is 4.64. The van der Waals surface area contributed by atoms with E-state index in [1.807, 2.05) is 26.8 Å². The predicted octanol–water partition coefficient (Wildman–Crippen LogP) is 1.91. The summed E-state index contributed by atoms with van der Waals surface area (Å²) in [6.07, 6.45) is 0. The number of hydrogen-bond donors (Lipinski definition) is 1. The van der Waals surface area contributed by atoms with Crippen molar-refractivity contribution in [2.75, 3.05) is 17.6 Å². The summed E-state index contributed by atoms with van der Waals surface area (Å²) in [6.45, 7) is 6.46. The van der Waals surface area contributed by atoms with Crippen molar-refractivity contribution in [1.29, 1.82) is 5.26 Å². The minimum Gasteiger partial charge on any atom is -0.369 e. The van der Waals surface area contributed by atoms with Crippen LogP contribution in [0.1, 0.15) is 26.5 Å². The standard InChI is InChI=1S/C12H17N3OS/c1-12(2,3)17(16)8-7-14-11-6-4-5-10(9-13)15-11/h4-6H,7-8H2,1-3H3,(H,14,15). The molecule has 4 nitrogen and oxygen atoms in total. The molecular formula is C12H17N3OS. The zero-order valence-electron chi connectivity index (χ0n) is 10.4. The van der Waals surface area contributed by atoms with Gasteiger partial charge in [0.1, 0.15) is 17.6 Å². The average Bonchev–Trinajstić information content (AvgIpc) is 2.28. The summed E-state index contributed by atoms with van der Waals surface area (Å²) in [5.74, 6) is 1.22.